The number of hydrogen-bond acceptors (Lipinski definition) is 7. The molecule has 2 heterocycles. The molecule has 1 aliphatic rings. The fourth-order valence-electron chi connectivity index (χ4n) is 3.82. The van der Waals surface area contributed by atoms with Crippen LogP contribution >= 0.6 is 0 Å². The van der Waals surface area contributed by atoms with Crippen molar-refractivity contribution < 1.29 is 22.3 Å². The van der Waals surface area contributed by atoms with E-state index < -0.39 is 30.2 Å². The van der Waals surface area contributed by atoms with E-state index in [4.69, 9.17) is 21.3 Å². The van der Waals surface area contributed by atoms with Crippen molar-refractivity contribution in [2.45, 2.75) is 32.5 Å². The molecule has 1 aromatic carbocycles. The number of hydrogen-bond donors (Lipinski definition) is 5. The molecular formula is C24H26F4N6O. The zero-order valence-electron chi connectivity index (χ0n) is 19.4. The third-order valence-electron chi connectivity index (χ3n) is 5.44. The van der Waals surface area contributed by atoms with Crippen LogP contribution in [0.3, 0.4) is 0 Å². The number of rotatable bonds is 4. The summed E-state index contributed by atoms with van der Waals surface area (Å²) in [4.78, 5) is 4.08. The van der Waals surface area contributed by atoms with Crippen LogP contribution in [0.2, 0.25) is 0 Å². The lowest BCUT2D eigenvalue weighted by atomic mass is 9.89. The molecule has 0 saturated heterocycles. The summed E-state index contributed by atoms with van der Waals surface area (Å²) in [5, 5.41) is 22.5. The molecule has 0 radical (unpaired) electrons. The first-order valence-electron chi connectivity index (χ1n) is 10.8. The molecule has 0 fully saturated rings. The quantitative estimate of drug-likeness (QED) is 0.314. The minimum Gasteiger partial charge on any atom is -0.482 e. The average Bonchev–Trinajstić information content (AvgIpc) is 2.80. The van der Waals surface area contributed by atoms with Crippen LogP contribution in [0.1, 0.15) is 43.1 Å². The Labute approximate surface area is 200 Å². The summed E-state index contributed by atoms with van der Waals surface area (Å²) in [7, 11) is 1.55. The van der Waals surface area contributed by atoms with Gasteiger partial charge >= 0.3 is 6.18 Å². The lowest BCUT2D eigenvalue weighted by molar-refractivity contribution is -0.0590. The normalized spacial score (nSPS) is 19.8. The minimum atomic E-state index is -4.95. The van der Waals surface area contributed by atoms with Crippen molar-refractivity contribution in [2.24, 2.45) is 0 Å². The Bertz CT molecular complexity index is 1220. The highest BCUT2D eigenvalue weighted by Crippen LogP contribution is 2.36. The highest BCUT2D eigenvalue weighted by Gasteiger charge is 2.39. The Morgan fingerprint density at radius 1 is 1.31 bits per heavy atom. The van der Waals surface area contributed by atoms with Gasteiger partial charge in [0.05, 0.1) is 5.71 Å². The van der Waals surface area contributed by atoms with Gasteiger partial charge in [-0.05, 0) is 43.7 Å². The molecule has 1 aliphatic heterocycles. The summed E-state index contributed by atoms with van der Waals surface area (Å²) in [5.74, 6) is -0.492. The fraction of sp³-hybridized carbons (Fsp3) is 0.292. The van der Waals surface area contributed by atoms with Gasteiger partial charge in [-0.1, -0.05) is 0 Å². The number of nitrogens with zero attached hydrogens (tertiary/aromatic N) is 1. The molecule has 2 bridgehead atoms. The van der Waals surface area contributed by atoms with Gasteiger partial charge in [0.1, 0.15) is 17.6 Å². The number of nitrogen functional groups attached to an aromatic ring is 1. The Morgan fingerprint density at radius 2 is 2.03 bits per heavy atom. The van der Waals surface area contributed by atoms with Gasteiger partial charge in [0.25, 0.3) is 0 Å². The Hall–Kier alpha value is -3.89. The van der Waals surface area contributed by atoms with Crippen LogP contribution in [-0.4, -0.2) is 36.2 Å². The average molecular weight is 491 g/mol. The van der Waals surface area contributed by atoms with Gasteiger partial charge in [-0.3, -0.25) is 10.8 Å². The molecule has 11 heteroatoms. The molecule has 2 aromatic rings. The van der Waals surface area contributed by atoms with Crippen molar-refractivity contribution in [3.8, 4) is 5.75 Å². The Balaban J connectivity index is 2.40. The monoisotopic (exact) mass is 490 g/mol. The molecule has 0 amide bonds. The van der Waals surface area contributed by atoms with E-state index in [1.54, 1.807) is 20.9 Å². The topological polar surface area (TPSA) is 120 Å². The SMILES string of the molecule is CCN/C1=C(\C(=N)C(F)(F)F)C/C(=C/NC)C(=N)c2ccc(F)cc2[C@@H](C)Oc2cc1cnc2N. The minimum absolute atomic E-state index is 0.00949. The number of allylic oxidation sites excluding steroid dienone is 2. The number of nitrogens with one attached hydrogen (secondary N) is 4. The first kappa shape index (κ1) is 25.7. The molecule has 0 aliphatic carbocycles. The number of anilines is 1. The number of aromatic nitrogens is 1. The van der Waals surface area contributed by atoms with E-state index in [1.807, 2.05) is 0 Å². The standard InChI is InChI=1S/C24H26F4N6O/c1-4-33-21-14-8-19(23(31)34-11-14)35-12(2)17-9-15(25)5-6-16(17)20(29)13(10-32-3)7-18(21)22(30)24(26,27)28/h5-6,8-12,29-30,32-33H,4,7H2,1-3H3,(H2,31,34)/b13-10-,21-18-,29-20?,30-22?/t12-/m1/s1. The third-order valence-corrected chi connectivity index (χ3v) is 5.44. The fourth-order valence-corrected chi connectivity index (χ4v) is 3.82. The van der Waals surface area contributed by atoms with Crippen molar-refractivity contribution in [2.75, 3.05) is 19.3 Å². The van der Waals surface area contributed by atoms with E-state index in [1.165, 1.54) is 30.6 Å². The lowest BCUT2D eigenvalue weighted by Gasteiger charge is -2.25. The number of alkyl halides is 3. The lowest BCUT2D eigenvalue weighted by Crippen LogP contribution is -2.29. The molecule has 1 atom stereocenters. The smallest absolute Gasteiger partial charge is 0.433 e. The van der Waals surface area contributed by atoms with Crippen molar-refractivity contribution in [3.63, 3.8) is 0 Å². The van der Waals surface area contributed by atoms with Gasteiger partial charge < -0.3 is 21.1 Å². The Kier molecular flexibility index (Phi) is 7.47. The molecule has 0 saturated carbocycles. The maximum Gasteiger partial charge on any atom is 0.433 e. The van der Waals surface area contributed by atoms with E-state index in [9.17, 15) is 17.6 Å². The van der Waals surface area contributed by atoms with Crippen LogP contribution in [0.15, 0.2) is 47.8 Å². The number of nitrogens with two attached hydrogens (primary N) is 1. The van der Waals surface area contributed by atoms with Gasteiger partial charge in [0, 0.05) is 60.4 Å². The maximum absolute atomic E-state index is 14.2. The predicted molar refractivity (Wildman–Crippen MR) is 127 cm³/mol. The van der Waals surface area contributed by atoms with Gasteiger partial charge in [0.15, 0.2) is 11.6 Å². The van der Waals surface area contributed by atoms with Crippen LogP contribution < -0.4 is 21.1 Å². The van der Waals surface area contributed by atoms with Gasteiger partial charge in [-0.25, -0.2) is 9.37 Å². The summed E-state index contributed by atoms with van der Waals surface area (Å²) >= 11 is 0. The van der Waals surface area contributed by atoms with Gasteiger partial charge in [0.2, 0.25) is 0 Å². The van der Waals surface area contributed by atoms with Crippen molar-refractivity contribution in [1.29, 1.82) is 10.8 Å². The third kappa shape index (κ3) is 5.44. The van der Waals surface area contributed by atoms with E-state index in [0.29, 0.717) is 5.56 Å². The molecule has 7 nitrogen and oxygen atoms in total. The van der Waals surface area contributed by atoms with E-state index in [2.05, 4.69) is 15.6 Å². The highest BCUT2D eigenvalue weighted by atomic mass is 19.4. The zero-order chi connectivity index (χ0) is 25.9. The van der Waals surface area contributed by atoms with E-state index >= 15 is 0 Å². The van der Waals surface area contributed by atoms with E-state index in [-0.39, 0.29) is 51.8 Å². The maximum atomic E-state index is 14.2. The molecule has 0 unspecified atom stereocenters. The van der Waals surface area contributed by atoms with Gasteiger partial charge in [-0.2, -0.15) is 13.2 Å². The Morgan fingerprint density at radius 3 is 2.66 bits per heavy atom. The van der Waals surface area contributed by atoms with Crippen molar-refractivity contribution >= 4 is 22.9 Å². The summed E-state index contributed by atoms with van der Waals surface area (Å²) < 4.78 is 61.6. The second-order valence-corrected chi connectivity index (χ2v) is 7.87. The molecule has 0 spiro atoms. The van der Waals surface area contributed by atoms with E-state index in [0.717, 1.165) is 6.07 Å². The number of fused-ring (bicyclic) bond motifs is 3. The summed E-state index contributed by atoms with van der Waals surface area (Å²) in [5.41, 5.74) is 4.87. The number of benzene rings is 1. The van der Waals surface area contributed by atoms with Crippen molar-refractivity contribution in [1.82, 2.24) is 15.6 Å². The summed E-state index contributed by atoms with van der Waals surface area (Å²) in [6.07, 6.45) is -3.44. The highest BCUT2D eigenvalue weighted by molar-refractivity contribution is 6.14. The molecule has 6 N–H and O–H groups in total. The predicted octanol–water partition coefficient (Wildman–Crippen LogP) is 4.72. The molecule has 35 heavy (non-hydrogen) atoms. The number of halogens is 4. The van der Waals surface area contributed by atoms with Crippen LogP contribution in [0.25, 0.3) is 5.70 Å². The largest absolute Gasteiger partial charge is 0.482 e. The summed E-state index contributed by atoms with van der Waals surface area (Å²) in [6, 6.07) is 5.19. The number of pyridine rings is 1. The van der Waals surface area contributed by atoms with Crippen LogP contribution in [0.5, 0.6) is 5.75 Å². The first-order chi connectivity index (χ1) is 16.5. The molecule has 3 rings (SSSR count). The first-order valence-corrected chi connectivity index (χ1v) is 10.8. The zero-order valence-corrected chi connectivity index (χ0v) is 19.4. The van der Waals surface area contributed by atoms with Crippen molar-refractivity contribution in [3.05, 3.63) is 70.3 Å². The second-order valence-electron chi connectivity index (χ2n) is 7.87. The molecule has 186 valence electrons. The second kappa shape index (κ2) is 10.2. The number of ether oxygens (including phenoxy) is 1. The summed E-state index contributed by atoms with van der Waals surface area (Å²) in [6.45, 7) is 3.61. The van der Waals surface area contributed by atoms with Crippen LogP contribution in [-0.2, 0) is 0 Å². The van der Waals surface area contributed by atoms with Gasteiger partial charge in [-0.15, -0.1) is 0 Å². The molecule has 1 aromatic heterocycles. The van der Waals surface area contributed by atoms with Crippen LogP contribution in [0.4, 0.5) is 23.4 Å². The van der Waals surface area contributed by atoms with Crippen LogP contribution in [0, 0.1) is 16.6 Å². The molecular weight excluding hydrogens is 464 g/mol.